The lowest BCUT2D eigenvalue weighted by Crippen LogP contribution is -2.44. The van der Waals surface area contributed by atoms with Crippen molar-refractivity contribution in [1.29, 1.82) is 0 Å². The van der Waals surface area contributed by atoms with Crippen LogP contribution in [0.4, 0.5) is 11.4 Å². The van der Waals surface area contributed by atoms with Crippen molar-refractivity contribution < 1.29 is 4.79 Å². The Morgan fingerprint density at radius 1 is 1.19 bits per heavy atom. The molecule has 140 valence electrons. The number of nitrogens with zero attached hydrogens (tertiary/aromatic N) is 3. The van der Waals surface area contributed by atoms with Crippen LogP contribution in [-0.2, 0) is 11.2 Å². The molecule has 0 atom stereocenters. The summed E-state index contributed by atoms with van der Waals surface area (Å²) in [4.78, 5) is 21.5. The summed E-state index contributed by atoms with van der Waals surface area (Å²) in [6, 6.07) is 8.17. The van der Waals surface area contributed by atoms with E-state index in [0.29, 0.717) is 18.8 Å². The Hall–Kier alpha value is -1.92. The predicted molar refractivity (Wildman–Crippen MR) is 109 cm³/mol. The van der Waals surface area contributed by atoms with Gasteiger partial charge in [0.1, 0.15) is 0 Å². The van der Waals surface area contributed by atoms with Crippen LogP contribution in [0.15, 0.2) is 29.6 Å². The molecule has 1 aliphatic rings. The van der Waals surface area contributed by atoms with Crippen molar-refractivity contribution in [3.8, 4) is 0 Å². The van der Waals surface area contributed by atoms with Crippen LogP contribution in [0.25, 0.3) is 0 Å². The number of rotatable bonds is 6. The van der Waals surface area contributed by atoms with Crippen LogP contribution in [0.2, 0.25) is 0 Å². The van der Waals surface area contributed by atoms with E-state index in [1.54, 1.807) is 11.3 Å². The van der Waals surface area contributed by atoms with Crippen LogP contribution in [0.5, 0.6) is 0 Å². The SMILES string of the molecule is CC(C)c1csc(CCC(=O)Nc2ccc(N3CCN(C)CC3)cc2)n1. The highest BCUT2D eigenvalue weighted by atomic mass is 32.1. The first-order valence-electron chi connectivity index (χ1n) is 9.29. The maximum Gasteiger partial charge on any atom is 0.224 e. The van der Waals surface area contributed by atoms with Crippen molar-refractivity contribution in [3.63, 3.8) is 0 Å². The number of aromatic nitrogens is 1. The van der Waals surface area contributed by atoms with Gasteiger partial charge >= 0.3 is 0 Å². The monoisotopic (exact) mass is 372 g/mol. The summed E-state index contributed by atoms with van der Waals surface area (Å²) < 4.78 is 0. The van der Waals surface area contributed by atoms with Gasteiger partial charge < -0.3 is 15.1 Å². The molecule has 1 saturated heterocycles. The Morgan fingerprint density at radius 3 is 2.50 bits per heavy atom. The molecule has 1 aliphatic heterocycles. The van der Waals surface area contributed by atoms with E-state index in [1.807, 2.05) is 12.1 Å². The van der Waals surface area contributed by atoms with E-state index in [4.69, 9.17) is 0 Å². The Morgan fingerprint density at radius 2 is 1.88 bits per heavy atom. The third-order valence-corrected chi connectivity index (χ3v) is 5.67. The van der Waals surface area contributed by atoms with Crippen LogP contribution in [-0.4, -0.2) is 49.0 Å². The molecule has 1 aromatic heterocycles. The highest BCUT2D eigenvalue weighted by Crippen LogP contribution is 2.21. The number of piperazine rings is 1. The number of anilines is 2. The molecular formula is C20H28N4OS. The standard InChI is InChI=1S/C20H28N4OS/c1-15(2)18-14-26-20(22-18)9-8-19(25)21-16-4-6-17(7-5-16)24-12-10-23(3)11-13-24/h4-7,14-15H,8-13H2,1-3H3,(H,21,25). The molecule has 3 rings (SSSR count). The first-order chi connectivity index (χ1) is 12.5. The van der Waals surface area contributed by atoms with Crippen LogP contribution in [0.3, 0.4) is 0 Å². The van der Waals surface area contributed by atoms with E-state index < -0.39 is 0 Å². The summed E-state index contributed by atoms with van der Waals surface area (Å²) in [7, 11) is 2.16. The zero-order chi connectivity index (χ0) is 18.5. The Balaban J connectivity index is 1.48. The summed E-state index contributed by atoms with van der Waals surface area (Å²) >= 11 is 1.64. The molecule has 0 aliphatic carbocycles. The summed E-state index contributed by atoms with van der Waals surface area (Å²) in [5, 5.41) is 6.12. The first-order valence-corrected chi connectivity index (χ1v) is 10.2. The maximum absolute atomic E-state index is 12.2. The zero-order valence-corrected chi connectivity index (χ0v) is 16.7. The normalized spacial score (nSPS) is 15.5. The summed E-state index contributed by atoms with van der Waals surface area (Å²) in [5.74, 6) is 0.478. The van der Waals surface area contributed by atoms with Gasteiger partial charge in [-0.05, 0) is 37.2 Å². The molecule has 0 spiro atoms. The Bertz CT molecular complexity index is 718. The number of carbonyl (C=O) groups excluding carboxylic acids is 1. The van der Waals surface area contributed by atoms with Gasteiger partial charge in [-0.2, -0.15) is 0 Å². The molecule has 1 aromatic carbocycles. The van der Waals surface area contributed by atoms with Crippen LogP contribution in [0, 0.1) is 0 Å². The summed E-state index contributed by atoms with van der Waals surface area (Å²) in [6.07, 6.45) is 1.16. The molecule has 1 fully saturated rings. The van der Waals surface area contributed by atoms with E-state index in [0.717, 1.165) is 42.6 Å². The summed E-state index contributed by atoms with van der Waals surface area (Å²) in [5.41, 5.74) is 3.19. The topological polar surface area (TPSA) is 48.5 Å². The third kappa shape index (κ3) is 5.05. The average Bonchev–Trinajstić information content (AvgIpc) is 3.11. The van der Waals surface area contributed by atoms with Gasteiger partial charge in [-0.25, -0.2) is 4.98 Å². The molecule has 0 unspecified atom stereocenters. The van der Waals surface area contributed by atoms with Gasteiger partial charge in [0.05, 0.1) is 10.7 Å². The number of hydrogen-bond donors (Lipinski definition) is 1. The molecule has 2 heterocycles. The molecule has 0 saturated carbocycles. The number of hydrogen-bond acceptors (Lipinski definition) is 5. The fourth-order valence-corrected chi connectivity index (χ4v) is 3.93. The Labute approximate surface area is 160 Å². The fourth-order valence-electron chi connectivity index (χ4n) is 2.97. The van der Waals surface area contributed by atoms with E-state index in [2.05, 4.69) is 58.5 Å². The van der Waals surface area contributed by atoms with E-state index in [1.165, 1.54) is 5.69 Å². The number of nitrogens with one attached hydrogen (secondary N) is 1. The van der Waals surface area contributed by atoms with Crippen molar-refractivity contribution in [2.75, 3.05) is 43.4 Å². The molecule has 5 nitrogen and oxygen atoms in total. The van der Waals surface area contributed by atoms with Gasteiger partial charge in [0, 0.05) is 55.8 Å². The average molecular weight is 373 g/mol. The first kappa shape index (κ1) is 18.9. The van der Waals surface area contributed by atoms with Crippen LogP contribution in [0.1, 0.15) is 36.9 Å². The predicted octanol–water partition coefficient (Wildman–Crippen LogP) is 3.59. The van der Waals surface area contributed by atoms with Crippen LogP contribution >= 0.6 is 11.3 Å². The highest BCUT2D eigenvalue weighted by molar-refractivity contribution is 7.09. The molecule has 26 heavy (non-hydrogen) atoms. The smallest absolute Gasteiger partial charge is 0.224 e. The molecule has 0 bridgehead atoms. The fraction of sp³-hybridized carbons (Fsp3) is 0.500. The third-order valence-electron chi connectivity index (χ3n) is 4.75. The van der Waals surface area contributed by atoms with Crippen LogP contribution < -0.4 is 10.2 Å². The highest BCUT2D eigenvalue weighted by Gasteiger charge is 2.14. The number of aryl methyl sites for hydroxylation is 1. The van der Waals surface area contributed by atoms with E-state index >= 15 is 0 Å². The summed E-state index contributed by atoms with van der Waals surface area (Å²) in [6.45, 7) is 8.55. The van der Waals surface area contributed by atoms with Gasteiger partial charge in [-0.1, -0.05) is 13.8 Å². The zero-order valence-electron chi connectivity index (χ0n) is 15.9. The molecule has 0 radical (unpaired) electrons. The second-order valence-electron chi connectivity index (χ2n) is 7.21. The van der Waals surface area contributed by atoms with Gasteiger partial charge in [0.25, 0.3) is 0 Å². The minimum atomic E-state index is 0.0404. The van der Waals surface area contributed by atoms with Crippen molar-refractivity contribution in [2.45, 2.75) is 32.6 Å². The van der Waals surface area contributed by atoms with Crippen molar-refractivity contribution in [1.82, 2.24) is 9.88 Å². The lowest BCUT2D eigenvalue weighted by atomic mass is 10.2. The Kier molecular flexibility index (Phi) is 6.27. The van der Waals surface area contributed by atoms with Gasteiger partial charge in [-0.3, -0.25) is 4.79 Å². The molecule has 1 amide bonds. The lowest BCUT2D eigenvalue weighted by molar-refractivity contribution is -0.116. The van der Waals surface area contributed by atoms with E-state index in [9.17, 15) is 4.79 Å². The minimum Gasteiger partial charge on any atom is -0.369 e. The minimum absolute atomic E-state index is 0.0404. The van der Waals surface area contributed by atoms with Crippen molar-refractivity contribution >= 4 is 28.6 Å². The number of carbonyl (C=O) groups is 1. The second-order valence-corrected chi connectivity index (χ2v) is 8.15. The van der Waals surface area contributed by atoms with E-state index in [-0.39, 0.29) is 5.91 Å². The molecule has 6 heteroatoms. The van der Waals surface area contributed by atoms with Gasteiger partial charge in [0.2, 0.25) is 5.91 Å². The molecule has 2 aromatic rings. The van der Waals surface area contributed by atoms with Gasteiger partial charge in [0.15, 0.2) is 0 Å². The maximum atomic E-state index is 12.2. The largest absolute Gasteiger partial charge is 0.369 e. The number of thiazole rings is 1. The van der Waals surface area contributed by atoms with Crippen molar-refractivity contribution in [2.24, 2.45) is 0 Å². The quantitative estimate of drug-likeness (QED) is 0.842. The molecular weight excluding hydrogens is 344 g/mol. The lowest BCUT2D eigenvalue weighted by Gasteiger charge is -2.34. The van der Waals surface area contributed by atoms with Gasteiger partial charge in [-0.15, -0.1) is 11.3 Å². The van der Waals surface area contributed by atoms with Crippen molar-refractivity contribution in [3.05, 3.63) is 40.3 Å². The molecule has 1 N–H and O–H groups in total. The second kappa shape index (κ2) is 8.64. The number of benzene rings is 1. The number of likely N-dealkylation sites (N-methyl/N-ethyl adjacent to an activating group) is 1. The number of amides is 1.